The van der Waals surface area contributed by atoms with Gasteiger partial charge >= 0.3 is 0 Å². The summed E-state index contributed by atoms with van der Waals surface area (Å²) in [6, 6.07) is 14.6. The van der Waals surface area contributed by atoms with Gasteiger partial charge < -0.3 is 5.11 Å². The molecule has 0 aliphatic heterocycles. The summed E-state index contributed by atoms with van der Waals surface area (Å²) in [5.74, 6) is 0.169. The van der Waals surface area contributed by atoms with Crippen LogP contribution < -0.4 is 0 Å². The fraction of sp³-hybridized carbons (Fsp3) is 0.0769. The summed E-state index contributed by atoms with van der Waals surface area (Å²) < 4.78 is 0. The van der Waals surface area contributed by atoms with Gasteiger partial charge in [-0.1, -0.05) is 31.7 Å². The molecule has 0 amide bonds. The maximum absolute atomic E-state index is 9.69. The Balaban J connectivity index is 0.00000108. The highest BCUT2D eigenvalue weighted by atomic mass is 16.3. The van der Waals surface area contributed by atoms with E-state index in [0.717, 1.165) is 11.0 Å². The van der Waals surface area contributed by atoms with Crippen molar-refractivity contribution in [2.75, 3.05) is 0 Å². The van der Waals surface area contributed by atoms with Crippen molar-refractivity contribution in [3.8, 4) is 11.4 Å². The Kier molecular flexibility index (Phi) is 2.78. The van der Waals surface area contributed by atoms with Gasteiger partial charge in [-0.05, 0) is 24.3 Å². The van der Waals surface area contributed by atoms with Crippen molar-refractivity contribution in [1.82, 2.24) is 15.0 Å². The first kappa shape index (κ1) is 11.1. The van der Waals surface area contributed by atoms with E-state index in [0.29, 0.717) is 5.69 Å². The molecule has 0 aliphatic rings. The average molecular weight is 227 g/mol. The molecule has 0 spiro atoms. The maximum atomic E-state index is 9.69. The summed E-state index contributed by atoms with van der Waals surface area (Å²) in [5.41, 5.74) is 2.20. The molecule has 0 bridgehead atoms. The third kappa shape index (κ3) is 1.85. The van der Waals surface area contributed by atoms with Crippen LogP contribution in [0.4, 0.5) is 0 Å². The van der Waals surface area contributed by atoms with Crippen LogP contribution >= 0.6 is 0 Å². The second-order valence-electron chi connectivity index (χ2n) is 3.47. The Labute approximate surface area is 99.1 Å². The van der Waals surface area contributed by atoms with E-state index in [1.54, 1.807) is 18.2 Å². The van der Waals surface area contributed by atoms with Crippen molar-refractivity contribution in [1.29, 1.82) is 0 Å². The molecule has 0 radical (unpaired) electrons. The number of phenolic OH excluding ortho intramolecular Hbond substituents is 1. The molecular weight excluding hydrogens is 214 g/mol. The lowest BCUT2D eigenvalue weighted by atomic mass is 10.3. The minimum absolute atomic E-state index is 0. The zero-order valence-electron chi connectivity index (χ0n) is 8.41. The van der Waals surface area contributed by atoms with Crippen molar-refractivity contribution < 1.29 is 5.11 Å². The van der Waals surface area contributed by atoms with Crippen LogP contribution in [-0.4, -0.2) is 20.1 Å². The van der Waals surface area contributed by atoms with Gasteiger partial charge in [-0.3, -0.25) is 0 Å². The summed E-state index contributed by atoms with van der Waals surface area (Å²) in [5, 5.41) is 18.3. The average Bonchev–Trinajstić information content (AvgIpc) is 2.73. The van der Waals surface area contributed by atoms with Crippen LogP contribution in [0.5, 0.6) is 5.75 Å². The number of hydrogen-bond donors (Lipinski definition) is 1. The van der Waals surface area contributed by atoms with E-state index in [4.69, 9.17) is 0 Å². The Morgan fingerprint density at radius 2 is 1.35 bits per heavy atom. The maximum Gasteiger partial charge on any atom is 0.143 e. The van der Waals surface area contributed by atoms with Gasteiger partial charge in [0.15, 0.2) is 0 Å². The lowest BCUT2D eigenvalue weighted by Crippen LogP contribution is -1.98. The topological polar surface area (TPSA) is 50.9 Å². The second kappa shape index (κ2) is 4.25. The van der Waals surface area contributed by atoms with Crippen LogP contribution in [0.1, 0.15) is 7.43 Å². The Morgan fingerprint density at radius 1 is 0.824 bits per heavy atom. The Morgan fingerprint density at radius 3 is 1.94 bits per heavy atom. The standard InChI is InChI=1S/C12H9N3O.CH4/c16-12-8-4-3-7-11(12)15-13-9-5-1-2-6-10(9)14-15;/h1-8,16H;1H4. The number of hydrogen-bond acceptors (Lipinski definition) is 3. The van der Waals surface area contributed by atoms with Gasteiger partial charge in [0.25, 0.3) is 0 Å². The number of rotatable bonds is 1. The number of benzene rings is 2. The van der Waals surface area contributed by atoms with Crippen LogP contribution in [0, 0.1) is 0 Å². The predicted octanol–water partition coefficient (Wildman–Crippen LogP) is 2.76. The van der Waals surface area contributed by atoms with Crippen molar-refractivity contribution >= 4 is 11.0 Å². The van der Waals surface area contributed by atoms with E-state index in [1.807, 2.05) is 30.3 Å². The first-order valence-electron chi connectivity index (χ1n) is 4.95. The first-order valence-corrected chi connectivity index (χ1v) is 4.95. The molecule has 0 saturated carbocycles. The third-order valence-electron chi connectivity index (χ3n) is 2.38. The van der Waals surface area contributed by atoms with Crippen LogP contribution in [0.2, 0.25) is 0 Å². The van der Waals surface area contributed by atoms with Crippen LogP contribution in [0.25, 0.3) is 16.7 Å². The third-order valence-corrected chi connectivity index (χ3v) is 2.38. The summed E-state index contributed by atoms with van der Waals surface area (Å²) in [6.45, 7) is 0. The molecule has 1 N–H and O–H groups in total. The van der Waals surface area contributed by atoms with Gasteiger partial charge in [0.1, 0.15) is 22.5 Å². The molecule has 0 unspecified atom stereocenters. The molecule has 3 rings (SSSR count). The monoisotopic (exact) mass is 227 g/mol. The number of para-hydroxylation sites is 2. The summed E-state index contributed by atoms with van der Waals surface area (Å²) >= 11 is 0. The van der Waals surface area contributed by atoms with Crippen LogP contribution in [-0.2, 0) is 0 Å². The quantitative estimate of drug-likeness (QED) is 0.695. The van der Waals surface area contributed by atoms with E-state index in [9.17, 15) is 5.11 Å². The van der Waals surface area contributed by atoms with Crippen molar-refractivity contribution in [3.63, 3.8) is 0 Å². The summed E-state index contributed by atoms with van der Waals surface area (Å²) in [6.07, 6.45) is 0. The van der Waals surface area contributed by atoms with Crippen molar-refractivity contribution in [2.45, 2.75) is 7.43 Å². The molecule has 17 heavy (non-hydrogen) atoms. The highest BCUT2D eigenvalue weighted by molar-refractivity contribution is 5.73. The van der Waals surface area contributed by atoms with Crippen LogP contribution in [0.3, 0.4) is 0 Å². The summed E-state index contributed by atoms with van der Waals surface area (Å²) in [4.78, 5) is 1.44. The molecule has 0 atom stereocenters. The van der Waals surface area contributed by atoms with Gasteiger partial charge in [0, 0.05) is 0 Å². The molecule has 1 aromatic heterocycles. The van der Waals surface area contributed by atoms with Gasteiger partial charge in [-0.15, -0.1) is 15.0 Å². The summed E-state index contributed by atoms with van der Waals surface area (Å²) in [7, 11) is 0. The second-order valence-corrected chi connectivity index (χ2v) is 3.47. The fourth-order valence-corrected chi connectivity index (χ4v) is 1.60. The molecular formula is C13H13N3O. The molecule has 0 fully saturated rings. The molecule has 0 saturated heterocycles. The molecule has 86 valence electrons. The van der Waals surface area contributed by atoms with E-state index in [-0.39, 0.29) is 13.2 Å². The normalized spacial score (nSPS) is 10.1. The number of fused-ring (bicyclic) bond motifs is 1. The van der Waals surface area contributed by atoms with Gasteiger partial charge in [-0.2, -0.15) is 0 Å². The molecule has 0 aliphatic carbocycles. The lowest BCUT2D eigenvalue weighted by molar-refractivity contribution is 0.468. The number of phenols is 1. The zero-order valence-corrected chi connectivity index (χ0v) is 8.41. The number of aromatic hydroxyl groups is 1. The van der Waals surface area contributed by atoms with Crippen molar-refractivity contribution in [2.24, 2.45) is 0 Å². The number of aromatic nitrogens is 3. The Hall–Kier alpha value is -2.36. The smallest absolute Gasteiger partial charge is 0.143 e. The lowest BCUT2D eigenvalue weighted by Gasteiger charge is -2.00. The molecule has 1 heterocycles. The highest BCUT2D eigenvalue weighted by Crippen LogP contribution is 2.20. The molecule has 2 aromatic carbocycles. The molecule has 4 nitrogen and oxygen atoms in total. The largest absolute Gasteiger partial charge is 0.506 e. The number of nitrogens with zero attached hydrogens (tertiary/aromatic N) is 3. The van der Waals surface area contributed by atoms with Crippen molar-refractivity contribution in [3.05, 3.63) is 48.5 Å². The first-order chi connectivity index (χ1) is 7.84. The van der Waals surface area contributed by atoms with Gasteiger partial charge in [-0.25, -0.2) is 0 Å². The predicted molar refractivity (Wildman–Crippen MR) is 67.3 cm³/mol. The zero-order chi connectivity index (χ0) is 11.0. The van der Waals surface area contributed by atoms with Gasteiger partial charge in [0.2, 0.25) is 0 Å². The minimum Gasteiger partial charge on any atom is -0.506 e. The highest BCUT2D eigenvalue weighted by Gasteiger charge is 2.06. The van der Waals surface area contributed by atoms with Crippen LogP contribution in [0.15, 0.2) is 48.5 Å². The Bertz CT molecular complexity index is 613. The van der Waals surface area contributed by atoms with Gasteiger partial charge in [0.05, 0.1) is 0 Å². The van der Waals surface area contributed by atoms with E-state index < -0.39 is 0 Å². The fourth-order valence-electron chi connectivity index (χ4n) is 1.60. The SMILES string of the molecule is C.Oc1ccccc1-n1nc2ccccc2n1. The molecule has 4 heteroatoms. The minimum atomic E-state index is 0. The van der Waals surface area contributed by atoms with E-state index in [1.165, 1.54) is 4.80 Å². The van der Waals surface area contributed by atoms with E-state index >= 15 is 0 Å². The van der Waals surface area contributed by atoms with E-state index in [2.05, 4.69) is 10.2 Å². The molecule has 3 aromatic rings.